The van der Waals surface area contributed by atoms with Gasteiger partial charge < -0.3 is 4.74 Å². The average Bonchev–Trinajstić information content (AvgIpc) is 2.38. The van der Waals surface area contributed by atoms with Gasteiger partial charge in [0, 0.05) is 16.1 Å². The van der Waals surface area contributed by atoms with E-state index in [-0.39, 0.29) is 17.2 Å². The van der Waals surface area contributed by atoms with E-state index in [2.05, 4.69) is 15.9 Å². The maximum absolute atomic E-state index is 11.3. The maximum Gasteiger partial charge on any atom is 0.311 e. The number of rotatable bonds is 4. The Morgan fingerprint density at radius 2 is 1.95 bits per heavy atom. The molecule has 2 rings (SSSR count). The minimum atomic E-state index is -0.506. The van der Waals surface area contributed by atoms with Crippen molar-refractivity contribution in [1.29, 1.82) is 0 Å². The van der Waals surface area contributed by atoms with E-state index in [1.807, 2.05) is 0 Å². The second-order valence-corrected chi connectivity index (χ2v) is 4.88. The van der Waals surface area contributed by atoms with Gasteiger partial charge in [0.1, 0.15) is 5.75 Å². The summed E-state index contributed by atoms with van der Waals surface area (Å²) in [5.41, 5.74) is 0.416. The van der Waals surface area contributed by atoms with Gasteiger partial charge in [-0.1, -0.05) is 12.1 Å². The number of nitrogens with zero attached hydrogens (tertiary/aromatic N) is 1. The molecule has 0 aromatic heterocycles. The van der Waals surface area contributed by atoms with Gasteiger partial charge in [0.05, 0.1) is 4.92 Å². The third kappa shape index (κ3) is 3.03. The first-order valence-corrected chi connectivity index (χ1v) is 6.50. The molecule has 0 saturated carbocycles. The Balaban J connectivity index is 2.34. The van der Waals surface area contributed by atoms with Crippen molar-refractivity contribution in [3.05, 3.63) is 62.6 Å². The Morgan fingerprint density at radius 3 is 2.55 bits per heavy atom. The number of halogens is 1. The van der Waals surface area contributed by atoms with Crippen LogP contribution in [0.2, 0.25) is 0 Å². The number of hydrogen-bond donors (Lipinski definition) is 0. The van der Waals surface area contributed by atoms with Crippen LogP contribution in [0.1, 0.15) is 17.3 Å². The number of ether oxygens (including phenoxy) is 1. The third-order valence-corrected chi connectivity index (χ3v) is 3.27. The van der Waals surface area contributed by atoms with Crippen LogP contribution in [-0.4, -0.2) is 10.7 Å². The van der Waals surface area contributed by atoms with Crippen molar-refractivity contribution in [3.8, 4) is 11.5 Å². The summed E-state index contributed by atoms with van der Waals surface area (Å²) in [6.07, 6.45) is 0. The lowest BCUT2D eigenvalue weighted by Gasteiger charge is -2.08. The SMILES string of the molecule is CC(=O)c1ccc(Oc2ccccc2[N+](=O)[O-])cc1Br. The van der Waals surface area contributed by atoms with E-state index in [4.69, 9.17) is 4.74 Å². The van der Waals surface area contributed by atoms with Crippen LogP contribution in [0.5, 0.6) is 11.5 Å². The average molecular weight is 336 g/mol. The zero-order valence-electron chi connectivity index (χ0n) is 10.5. The highest BCUT2D eigenvalue weighted by molar-refractivity contribution is 9.10. The lowest BCUT2D eigenvalue weighted by molar-refractivity contribution is -0.385. The van der Waals surface area contributed by atoms with Crippen molar-refractivity contribution in [1.82, 2.24) is 0 Å². The second-order valence-electron chi connectivity index (χ2n) is 4.02. The van der Waals surface area contributed by atoms with Crippen LogP contribution in [0, 0.1) is 10.1 Å². The molecule has 0 N–H and O–H groups in total. The van der Waals surface area contributed by atoms with Crippen molar-refractivity contribution in [2.24, 2.45) is 0 Å². The number of ketones is 1. The molecule has 5 nitrogen and oxygen atoms in total. The molecular formula is C14H10BrNO4. The van der Waals surface area contributed by atoms with Gasteiger partial charge in [0.25, 0.3) is 0 Å². The van der Waals surface area contributed by atoms with E-state index in [1.54, 1.807) is 30.3 Å². The second kappa shape index (κ2) is 5.83. The Hall–Kier alpha value is -2.21. The van der Waals surface area contributed by atoms with Gasteiger partial charge in [0.15, 0.2) is 5.78 Å². The van der Waals surface area contributed by atoms with Crippen molar-refractivity contribution in [2.75, 3.05) is 0 Å². The first kappa shape index (κ1) is 14.2. The largest absolute Gasteiger partial charge is 0.450 e. The molecule has 2 aromatic rings. The monoisotopic (exact) mass is 335 g/mol. The van der Waals surface area contributed by atoms with Gasteiger partial charge in [-0.2, -0.15) is 0 Å². The van der Waals surface area contributed by atoms with Crippen molar-refractivity contribution >= 4 is 27.4 Å². The number of para-hydroxylation sites is 2. The van der Waals surface area contributed by atoms with E-state index in [0.29, 0.717) is 15.8 Å². The van der Waals surface area contributed by atoms with Gasteiger partial charge in [-0.05, 0) is 47.1 Å². The summed E-state index contributed by atoms with van der Waals surface area (Å²) in [6, 6.07) is 10.9. The highest BCUT2D eigenvalue weighted by Crippen LogP contribution is 2.32. The van der Waals surface area contributed by atoms with Gasteiger partial charge in [0.2, 0.25) is 5.75 Å². The summed E-state index contributed by atoms with van der Waals surface area (Å²) in [6.45, 7) is 1.46. The van der Waals surface area contributed by atoms with Crippen LogP contribution >= 0.6 is 15.9 Å². The Bertz CT molecular complexity index is 685. The number of Topliss-reactive ketones (excluding diaryl/α,β-unsaturated/α-hetero) is 1. The lowest BCUT2D eigenvalue weighted by Crippen LogP contribution is -1.95. The highest BCUT2D eigenvalue weighted by Gasteiger charge is 2.15. The Kier molecular flexibility index (Phi) is 4.14. The molecule has 0 unspecified atom stereocenters. The predicted octanol–water partition coefficient (Wildman–Crippen LogP) is 4.35. The van der Waals surface area contributed by atoms with Crippen LogP contribution in [0.15, 0.2) is 46.9 Å². The molecule has 0 bridgehead atoms. The van der Waals surface area contributed by atoms with Gasteiger partial charge in [-0.15, -0.1) is 0 Å². The zero-order valence-corrected chi connectivity index (χ0v) is 12.1. The summed E-state index contributed by atoms with van der Waals surface area (Å²) >= 11 is 3.27. The van der Waals surface area contributed by atoms with E-state index >= 15 is 0 Å². The van der Waals surface area contributed by atoms with E-state index in [9.17, 15) is 14.9 Å². The Labute approximate surface area is 123 Å². The molecule has 102 valence electrons. The molecule has 0 radical (unpaired) electrons. The first-order chi connectivity index (χ1) is 9.49. The molecule has 0 saturated heterocycles. The standard InChI is InChI=1S/C14H10BrNO4/c1-9(17)11-7-6-10(8-12(11)15)20-14-5-3-2-4-13(14)16(18)19/h2-8H,1H3. The van der Waals surface area contributed by atoms with E-state index in [0.717, 1.165) is 0 Å². The number of hydrogen-bond acceptors (Lipinski definition) is 4. The fraction of sp³-hybridized carbons (Fsp3) is 0.0714. The van der Waals surface area contributed by atoms with Crippen LogP contribution in [0.25, 0.3) is 0 Å². The number of carbonyl (C=O) groups excluding carboxylic acids is 1. The fourth-order valence-corrected chi connectivity index (χ4v) is 2.30. The first-order valence-electron chi connectivity index (χ1n) is 5.71. The van der Waals surface area contributed by atoms with Gasteiger partial charge in [-0.25, -0.2) is 0 Å². The normalized spacial score (nSPS) is 10.1. The van der Waals surface area contributed by atoms with Crippen LogP contribution in [0.3, 0.4) is 0 Å². The molecule has 0 aliphatic carbocycles. The smallest absolute Gasteiger partial charge is 0.311 e. The number of carbonyl (C=O) groups is 1. The van der Waals surface area contributed by atoms with E-state index in [1.165, 1.54) is 19.1 Å². The molecular weight excluding hydrogens is 326 g/mol. The quantitative estimate of drug-likeness (QED) is 0.473. The summed E-state index contributed by atoms with van der Waals surface area (Å²) in [5.74, 6) is 0.491. The molecule has 0 aliphatic rings. The van der Waals surface area contributed by atoms with E-state index < -0.39 is 4.92 Å². The van der Waals surface area contributed by atoms with Crippen molar-refractivity contribution in [2.45, 2.75) is 6.92 Å². The lowest BCUT2D eigenvalue weighted by atomic mass is 10.1. The molecule has 0 fully saturated rings. The maximum atomic E-state index is 11.3. The third-order valence-electron chi connectivity index (χ3n) is 2.61. The number of nitro benzene ring substituents is 1. The minimum Gasteiger partial charge on any atom is -0.450 e. The van der Waals surface area contributed by atoms with Crippen LogP contribution < -0.4 is 4.74 Å². The molecule has 0 amide bonds. The predicted molar refractivity (Wildman–Crippen MR) is 77.3 cm³/mol. The zero-order chi connectivity index (χ0) is 14.7. The summed E-state index contributed by atoms with van der Waals surface area (Å²) in [4.78, 5) is 21.7. The number of nitro groups is 1. The molecule has 6 heteroatoms. The number of benzene rings is 2. The molecule has 0 heterocycles. The molecule has 0 aliphatic heterocycles. The van der Waals surface area contributed by atoms with Crippen LogP contribution in [-0.2, 0) is 0 Å². The van der Waals surface area contributed by atoms with Gasteiger partial charge in [-0.3, -0.25) is 14.9 Å². The van der Waals surface area contributed by atoms with Gasteiger partial charge >= 0.3 is 5.69 Å². The fourth-order valence-electron chi connectivity index (χ4n) is 1.67. The molecule has 0 atom stereocenters. The highest BCUT2D eigenvalue weighted by atomic mass is 79.9. The van der Waals surface area contributed by atoms with Crippen LogP contribution in [0.4, 0.5) is 5.69 Å². The molecule has 20 heavy (non-hydrogen) atoms. The Morgan fingerprint density at radius 1 is 1.25 bits per heavy atom. The van der Waals surface area contributed by atoms with Crippen molar-refractivity contribution < 1.29 is 14.5 Å². The summed E-state index contributed by atoms with van der Waals surface area (Å²) in [7, 11) is 0. The minimum absolute atomic E-state index is 0.0749. The molecule has 0 spiro atoms. The van der Waals surface area contributed by atoms with Crippen molar-refractivity contribution in [3.63, 3.8) is 0 Å². The topological polar surface area (TPSA) is 69.4 Å². The summed E-state index contributed by atoms with van der Waals surface area (Å²) < 4.78 is 6.09. The molecule has 2 aromatic carbocycles. The summed E-state index contributed by atoms with van der Waals surface area (Å²) in [5, 5.41) is 10.9.